The van der Waals surface area contributed by atoms with Crippen molar-refractivity contribution in [1.82, 2.24) is 10.2 Å². The third kappa shape index (κ3) is 4.45. The number of rotatable bonds is 5. The van der Waals surface area contributed by atoms with Gasteiger partial charge in [-0.3, -0.25) is 14.9 Å². The maximum Gasteiger partial charge on any atom is 0.293 e. The fraction of sp³-hybridized carbons (Fsp3) is 0.350. The Morgan fingerprint density at radius 2 is 1.79 bits per heavy atom. The number of hydrogen-bond donors (Lipinski definition) is 1. The number of nitrogens with zero attached hydrogens (tertiary/aromatic N) is 3. The molecule has 1 aliphatic heterocycles. The molecule has 28 heavy (non-hydrogen) atoms. The van der Waals surface area contributed by atoms with Gasteiger partial charge < -0.3 is 15.1 Å². The number of piperazine rings is 1. The van der Waals surface area contributed by atoms with Crippen molar-refractivity contribution in [3.8, 4) is 0 Å². The first kappa shape index (κ1) is 19.8. The lowest BCUT2D eigenvalue weighted by Crippen LogP contribution is -2.44. The van der Waals surface area contributed by atoms with Crippen molar-refractivity contribution in [3.05, 3.63) is 69.5 Å². The van der Waals surface area contributed by atoms with Gasteiger partial charge in [-0.15, -0.1) is 0 Å². The highest BCUT2D eigenvalue weighted by Gasteiger charge is 2.24. The number of halogens is 1. The molecule has 2 aromatic carbocycles. The molecule has 0 saturated carbocycles. The molecule has 0 unspecified atom stereocenters. The quantitative estimate of drug-likeness (QED) is 0.631. The molecule has 1 N–H and O–H groups in total. The van der Waals surface area contributed by atoms with Gasteiger partial charge in [0.05, 0.1) is 11.0 Å². The molecule has 0 aliphatic carbocycles. The summed E-state index contributed by atoms with van der Waals surface area (Å²) in [5.41, 5.74) is 1.42. The summed E-state index contributed by atoms with van der Waals surface area (Å²) in [6.07, 6.45) is 0. The molecule has 2 aromatic rings. The lowest BCUT2D eigenvalue weighted by atomic mass is 10.1. The van der Waals surface area contributed by atoms with E-state index >= 15 is 0 Å². The van der Waals surface area contributed by atoms with Crippen molar-refractivity contribution in [2.24, 2.45) is 0 Å². The van der Waals surface area contributed by atoms with Gasteiger partial charge in [0.2, 0.25) is 0 Å². The zero-order chi connectivity index (χ0) is 20.3. The summed E-state index contributed by atoms with van der Waals surface area (Å²) in [6, 6.07) is 10.1. The first-order valence-electron chi connectivity index (χ1n) is 9.13. The standard InChI is InChI=1S/C20H23FN4O3/c1-14(15-3-6-17(21)7-4-15)22-20(26)16-5-8-18(19(13-16)25(27)28)24-11-9-23(2)10-12-24/h3-8,13-14H,9-12H2,1-2H3,(H,22,26)/t14-/m0/s1. The molecule has 0 bridgehead atoms. The Morgan fingerprint density at radius 3 is 2.39 bits per heavy atom. The Bertz CT molecular complexity index is 864. The van der Waals surface area contributed by atoms with Crippen LogP contribution in [0, 0.1) is 15.9 Å². The van der Waals surface area contributed by atoms with Gasteiger partial charge in [0.1, 0.15) is 11.5 Å². The van der Waals surface area contributed by atoms with Crippen molar-refractivity contribution in [3.63, 3.8) is 0 Å². The summed E-state index contributed by atoms with van der Waals surface area (Å²) in [5.74, 6) is -0.762. The van der Waals surface area contributed by atoms with E-state index in [1.165, 1.54) is 18.2 Å². The van der Waals surface area contributed by atoms with Crippen molar-refractivity contribution in [2.45, 2.75) is 13.0 Å². The van der Waals surface area contributed by atoms with Crippen molar-refractivity contribution < 1.29 is 14.1 Å². The molecule has 1 saturated heterocycles. The normalized spacial score (nSPS) is 15.9. The van der Waals surface area contributed by atoms with E-state index in [0.29, 0.717) is 18.8 Å². The second-order valence-electron chi connectivity index (χ2n) is 7.00. The van der Waals surface area contributed by atoms with Gasteiger partial charge in [0, 0.05) is 37.8 Å². The molecular formula is C20H23FN4O3. The van der Waals surface area contributed by atoms with Gasteiger partial charge in [0.15, 0.2) is 0 Å². The van der Waals surface area contributed by atoms with Crippen LogP contribution in [-0.4, -0.2) is 49.0 Å². The highest BCUT2D eigenvalue weighted by molar-refractivity contribution is 5.96. The predicted octanol–water partition coefficient (Wildman–Crippen LogP) is 2.98. The molecule has 7 nitrogen and oxygen atoms in total. The van der Waals surface area contributed by atoms with Crippen molar-refractivity contribution >= 4 is 17.3 Å². The van der Waals surface area contributed by atoms with Gasteiger partial charge in [-0.1, -0.05) is 12.1 Å². The van der Waals surface area contributed by atoms with E-state index in [2.05, 4.69) is 10.2 Å². The van der Waals surface area contributed by atoms with Crippen LogP contribution in [0.3, 0.4) is 0 Å². The van der Waals surface area contributed by atoms with E-state index in [4.69, 9.17) is 0 Å². The molecule has 3 rings (SSSR count). The molecule has 0 radical (unpaired) electrons. The Morgan fingerprint density at radius 1 is 1.14 bits per heavy atom. The minimum Gasteiger partial charge on any atom is -0.363 e. The third-order valence-electron chi connectivity index (χ3n) is 5.00. The Kier molecular flexibility index (Phi) is 5.89. The van der Waals surface area contributed by atoms with Crippen molar-refractivity contribution in [1.29, 1.82) is 0 Å². The van der Waals surface area contributed by atoms with E-state index in [1.807, 2.05) is 11.9 Å². The molecular weight excluding hydrogens is 363 g/mol. The highest BCUT2D eigenvalue weighted by atomic mass is 19.1. The summed E-state index contributed by atoms with van der Waals surface area (Å²) in [4.78, 5) is 27.8. The molecule has 0 spiro atoms. The molecule has 1 fully saturated rings. The van der Waals surface area contributed by atoms with Gasteiger partial charge in [0.25, 0.3) is 11.6 Å². The molecule has 148 valence electrons. The predicted molar refractivity (Wildman–Crippen MR) is 105 cm³/mol. The number of nitro benzene ring substituents is 1. The average Bonchev–Trinajstić information content (AvgIpc) is 2.68. The zero-order valence-corrected chi connectivity index (χ0v) is 15.9. The molecule has 1 atom stereocenters. The number of hydrogen-bond acceptors (Lipinski definition) is 5. The van der Waals surface area contributed by atoms with Crippen LogP contribution in [0.1, 0.15) is 28.9 Å². The van der Waals surface area contributed by atoms with Crippen LogP contribution in [0.4, 0.5) is 15.8 Å². The van der Waals surface area contributed by atoms with E-state index < -0.39 is 10.8 Å². The largest absolute Gasteiger partial charge is 0.363 e. The fourth-order valence-electron chi connectivity index (χ4n) is 3.24. The van der Waals surface area contributed by atoms with E-state index in [-0.39, 0.29) is 23.1 Å². The number of likely N-dealkylation sites (N-methyl/N-ethyl adjacent to an activating group) is 1. The van der Waals surface area contributed by atoms with Crippen molar-refractivity contribution in [2.75, 3.05) is 38.1 Å². The lowest BCUT2D eigenvalue weighted by Gasteiger charge is -2.33. The molecule has 0 aromatic heterocycles. The zero-order valence-electron chi connectivity index (χ0n) is 15.9. The third-order valence-corrected chi connectivity index (χ3v) is 5.00. The summed E-state index contributed by atoms with van der Waals surface area (Å²) in [6.45, 7) is 4.83. The second-order valence-corrected chi connectivity index (χ2v) is 7.00. The van der Waals surface area contributed by atoms with Crippen LogP contribution in [0.25, 0.3) is 0 Å². The fourth-order valence-corrected chi connectivity index (χ4v) is 3.24. The first-order valence-corrected chi connectivity index (χ1v) is 9.13. The Balaban J connectivity index is 1.78. The van der Waals surface area contributed by atoms with Gasteiger partial charge in [-0.25, -0.2) is 4.39 Å². The minimum absolute atomic E-state index is 0.0772. The second kappa shape index (κ2) is 8.35. The molecule has 1 amide bonds. The molecule has 1 aliphatic rings. The summed E-state index contributed by atoms with van der Waals surface area (Å²) < 4.78 is 13.1. The smallest absolute Gasteiger partial charge is 0.293 e. The monoisotopic (exact) mass is 386 g/mol. The minimum atomic E-state index is -0.451. The Hall–Kier alpha value is -3.00. The number of benzene rings is 2. The van der Waals surface area contributed by atoms with Crippen LogP contribution in [-0.2, 0) is 0 Å². The topological polar surface area (TPSA) is 78.7 Å². The summed E-state index contributed by atoms with van der Waals surface area (Å²) in [7, 11) is 2.02. The number of carbonyl (C=O) groups is 1. The number of nitrogens with one attached hydrogen (secondary N) is 1. The van der Waals surface area contributed by atoms with Crippen LogP contribution >= 0.6 is 0 Å². The van der Waals surface area contributed by atoms with Crippen LogP contribution in [0.5, 0.6) is 0 Å². The maximum absolute atomic E-state index is 13.1. The first-order chi connectivity index (χ1) is 13.3. The number of nitro groups is 1. The van der Waals surface area contributed by atoms with Crippen LogP contribution in [0.2, 0.25) is 0 Å². The number of anilines is 1. The van der Waals surface area contributed by atoms with Gasteiger partial charge >= 0.3 is 0 Å². The highest BCUT2D eigenvalue weighted by Crippen LogP contribution is 2.30. The molecule has 1 heterocycles. The van der Waals surface area contributed by atoms with Gasteiger partial charge in [-0.05, 0) is 43.8 Å². The van der Waals surface area contributed by atoms with E-state index in [1.54, 1.807) is 31.2 Å². The Labute approximate surface area is 162 Å². The van der Waals surface area contributed by atoms with Gasteiger partial charge in [-0.2, -0.15) is 0 Å². The molecule has 8 heteroatoms. The maximum atomic E-state index is 13.1. The van der Waals surface area contributed by atoms with E-state index in [0.717, 1.165) is 18.7 Å². The average molecular weight is 386 g/mol. The van der Waals surface area contributed by atoms with Crippen LogP contribution in [0.15, 0.2) is 42.5 Å². The summed E-state index contributed by atoms with van der Waals surface area (Å²) in [5, 5.41) is 14.4. The summed E-state index contributed by atoms with van der Waals surface area (Å²) >= 11 is 0. The lowest BCUT2D eigenvalue weighted by molar-refractivity contribution is -0.384. The number of carbonyl (C=O) groups excluding carboxylic acids is 1. The number of amides is 1. The van der Waals surface area contributed by atoms with Crippen LogP contribution < -0.4 is 10.2 Å². The SMILES string of the molecule is C[C@H](NC(=O)c1ccc(N2CCN(C)CC2)c([N+](=O)[O-])c1)c1ccc(F)cc1. The van der Waals surface area contributed by atoms with E-state index in [9.17, 15) is 19.3 Å².